The first-order valence-electron chi connectivity index (χ1n) is 17.4. The molecule has 0 saturated heterocycles. The highest BCUT2D eigenvalue weighted by Gasteiger charge is 2.53. The molecule has 0 aliphatic heterocycles. The van der Waals surface area contributed by atoms with Gasteiger partial charge in [-0.1, -0.05) is 123 Å². The summed E-state index contributed by atoms with van der Waals surface area (Å²) >= 11 is 0. The molecular weight excluding hydrogens is 530 g/mol. The SMILES string of the molecule is CCCCCCCCCCCC/C=C/CCCCCCCCC[N+](C(CC)C(=O)[O-])(C(CC)C(=O)O)C(CC)C(=O)O. The van der Waals surface area contributed by atoms with Crippen LogP contribution in [0.1, 0.15) is 169 Å². The molecule has 246 valence electrons. The molecule has 2 N–H and O–H groups in total. The maximum absolute atomic E-state index is 12.3. The summed E-state index contributed by atoms with van der Waals surface area (Å²) in [6.45, 7) is 7.53. The summed E-state index contributed by atoms with van der Waals surface area (Å²) < 4.78 is -0.470. The van der Waals surface area contributed by atoms with E-state index in [2.05, 4.69) is 19.1 Å². The Hall–Kier alpha value is -1.89. The average Bonchev–Trinajstić information content (AvgIpc) is 2.94. The summed E-state index contributed by atoms with van der Waals surface area (Å²) in [7, 11) is 0. The lowest BCUT2D eigenvalue weighted by molar-refractivity contribution is -0.974. The van der Waals surface area contributed by atoms with Crippen LogP contribution < -0.4 is 5.11 Å². The van der Waals surface area contributed by atoms with E-state index in [-0.39, 0.29) is 25.8 Å². The van der Waals surface area contributed by atoms with Crippen molar-refractivity contribution < 1.29 is 34.2 Å². The summed E-state index contributed by atoms with van der Waals surface area (Å²) in [5, 5.41) is 32.2. The van der Waals surface area contributed by atoms with Gasteiger partial charge in [-0.25, -0.2) is 9.59 Å². The molecule has 0 fully saturated rings. The maximum Gasteiger partial charge on any atom is 0.362 e. The van der Waals surface area contributed by atoms with Crippen LogP contribution in [0.25, 0.3) is 0 Å². The molecule has 0 amide bonds. The van der Waals surface area contributed by atoms with Crippen molar-refractivity contribution in [3.05, 3.63) is 12.2 Å². The highest BCUT2D eigenvalue weighted by Crippen LogP contribution is 2.32. The summed E-state index contributed by atoms with van der Waals surface area (Å²) in [5.74, 6) is -3.65. The van der Waals surface area contributed by atoms with Crippen LogP contribution >= 0.6 is 0 Å². The molecule has 0 heterocycles. The van der Waals surface area contributed by atoms with Gasteiger partial charge in [-0.2, -0.15) is 0 Å². The number of nitrogens with zero attached hydrogens (tertiary/aromatic N) is 1. The molecule has 3 atom stereocenters. The number of hydrogen-bond donors (Lipinski definition) is 2. The number of carboxylic acids is 3. The van der Waals surface area contributed by atoms with Gasteiger partial charge >= 0.3 is 11.9 Å². The Morgan fingerprint density at radius 2 is 0.881 bits per heavy atom. The van der Waals surface area contributed by atoms with E-state index < -0.39 is 40.5 Å². The number of quaternary nitrogens is 1. The predicted octanol–water partition coefficient (Wildman–Crippen LogP) is 8.05. The van der Waals surface area contributed by atoms with Crippen molar-refractivity contribution >= 4 is 17.9 Å². The first kappa shape index (κ1) is 40.1. The van der Waals surface area contributed by atoms with Crippen LogP contribution in [-0.4, -0.2) is 57.3 Å². The minimum Gasteiger partial charge on any atom is -0.544 e. The lowest BCUT2D eigenvalue weighted by atomic mass is 9.93. The molecule has 0 bridgehead atoms. The van der Waals surface area contributed by atoms with Crippen molar-refractivity contribution in [3.63, 3.8) is 0 Å². The van der Waals surface area contributed by atoms with Crippen LogP contribution in [0.4, 0.5) is 0 Å². The molecule has 0 aromatic heterocycles. The molecule has 0 rings (SSSR count). The molecule has 0 radical (unpaired) electrons. The Labute approximate surface area is 257 Å². The fourth-order valence-electron chi connectivity index (χ4n) is 6.78. The smallest absolute Gasteiger partial charge is 0.362 e. The van der Waals surface area contributed by atoms with E-state index in [0.717, 1.165) is 32.1 Å². The number of unbranched alkanes of at least 4 members (excludes halogenated alkanes) is 17. The van der Waals surface area contributed by atoms with Gasteiger partial charge in [0.15, 0.2) is 12.1 Å². The van der Waals surface area contributed by atoms with Gasteiger partial charge < -0.3 is 20.1 Å². The predicted molar refractivity (Wildman–Crippen MR) is 170 cm³/mol. The number of rotatable bonds is 30. The Bertz CT molecular complexity index is 682. The molecule has 0 saturated carbocycles. The van der Waals surface area contributed by atoms with E-state index in [1.807, 2.05) is 0 Å². The molecule has 0 aromatic carbocycles. The van der Waals surface area contributed by atoms with E-state index in [9.17, 15) is 29.7 Å². The molecule has 0 aliphatic rings. The molecule has 0 aromatic rings. The van der Waals surface area contributed by atoms with Gasteiger partial charge in [0.25, 0.3) is 0 Å². The van der Waals surface area contributed by atoms with E-state index in [0.29, 0.717) is 6.42 Å². The standard InChI is InChI=1S/C35H65NO6/c1-5-9-10-11-12-13-14-15-16-17-18-19-20-21-22-23-24-25-26-27-28-29-36(30(6-2)33(37)38,31(7-3)34(39)40)32(8-4)35(41)42/h19-20,30-32H,5-18,21-29H2,1-4H3,(H2-,37,38,39,40,41,42)/b20-19+. The zero-order valence-corrected chi connectivity index (χ0v) is 27.6. The summed E-state index contributed by atoms with van der Waals surface area (Å²) in [4.78, 5) is 36.7. The third-order valence-corrected chi connectivity index (χ3v) is 9.05. The Balaban J connectivity index is 4.39. The van der Waals surface area contributed by atoms with Gasteiger partial charge in [0.1, 0.15) is 6.04 Å². The van der Waals surface area contributed by atoms with Crippen molar-refractivity contribution in [2.45, 2.75) is 187 Å². The van der Waals surface area contributed by atoms with Gasteiger partial charge in [0, 0.05) is 19.3 Å². The summed E-state index contributed by atoms with van der Waals surface area (Å²) in [5.41, 5.74) is 0. The minimum absolute atomic E-state index is 0.129. The van der Waals surface area contributed by atoms with Gasteiger partial charge in [-0.05, 0) is 38.5 Å². The second-order valence-electron chi connectivity index (χ2n) is 12.2. The molecule has 0 aliphatic carbocycles. The Kier molecular flexibility index (Phi) is 24.4. The van der Waals surface area contributed by atoms with E-state index in [4.69, 9.17) is 0 Å². The van der Waals surface area contributed by atoms with Crippen molar-refractivity contribution in [2.24, 2.45) is 0 Å². The second-order valence-corrected chi connectivity index (χ2v) is 12.2. The second kappa shape index (κ2) is 25.6. The number of allylic oxidation sites excluding steroid dienone is 2. The zero-order valence-electron chi connectivity index (χ0n) is 27.6. The fourth-order valence-corrected chi connectivity index (χ4v) is 6.78. The lowest BCUT2D eigenvalue weighted by Crippen LogP contribution is -2.73. The third-order valence-electron chi connectivity index (χ3n) is 9.05. The highest BCUT2D eigenvalue weighted by atomic mass is 16.4. The normalized spacial score (nSPS) is 15.3. The van der Waals surface area contributed by atoms with Crippen molar-refractivity contribution in [1.29, 1.82) is 0 Å². The summed E-state index contributed by atoms with van der Waals surface area (Å²) in [6, 6.07) is -3.38. The van der Waals surface area contributed by atoms with Crippen LogP contribution in [0.15, 0.2) is 12.2 Å². The van der Waals surface area contributed by atoms with Crippen molar-refractivity contribution in [1.82, 2.24) is 0 Å². The maximum atomic E-state index is 12.3. The third kappa shape index (κ3) is 15.5. The Morgan fingerprint density at radius 1 is 0.548 bits per heavy atom. The topological polar surface area (TPSA) is 115 Å². The van der Waals surface area contributed by atoms with Crippen LogP contribution in [0.3, 0.4) is 0 Å². The quantitative estimate of drug-likeness (QED) is 0.0493. The zero-order chi connectivity index (χ0) is 31.6. The monoisotopic (exact) mass is 595 g/mol. The van der Waals surface area contributed by atoms with Crippen LogP contribution in [0, 0.1) is 0 Å². The molecule has 42 heavy (non-hydrogen) atoms. The molecule has 0 spiro atoms. The van der Waals surface area contributed by atoms with Crippen molar-refractivity contribution in [2.75, 3.05) is 6.54 Å². The van der Waals surface area contributed by atoms with Gasteiger partial charge in [0.2, 0.25) is 0 Å². The first-order chi connectivity index (χ1) is 20.2. The van der Waals surface area contributed by atoms with Crippen LogP contribution in [0.2, 0.25) is 0 Å². The molecule has 7 heteroatoms. The van der Waals surface area contributed by atoms with E-state index in [1.165, 1.54) is 83.5 Å². The van der Waals surface area contributed by atoms with Crippen LogP contribution in [0.5, 0.6) is 0 Å². The number of carboxylic acid groups (broad SMARTS) is 3. The average molecular weight is 596 g/mol. The van der Waals surface area contributed by atoms with Crippen LogP contribution in [-0.2, 0) is 14.4 Å². The fraction of sp³-hybridized carbons (Fsp3) is 0.857. The summed E-state index contributed by atoms with van der Waals surface area (Å²) in [6.07, 6.45) is 28.1. The number of aliphatic carboxylic acids is 3. The molecule has 7 nitrogen and oxygen atoms in total. The van der Waals surface area contributed by atoms with E-state index in [1.54, 1.807) is 20.8 Å². The van der Waals surface area contributed by atoms with Gasteiger partial charge in [0.05, 0.1) is 12.5 Å². The largest absolute Gasteiger partial charge is 0.544 e. The number of carbonyl (C=O) groups is 3. The van der Waals surface area contributed by atoms with Crippen molar-refractivity contribution in [3.8, 4) is 0 Å². The van der Waals surface area contributed by atoms with Gasteiger partial charge in [-0.3, -0.25) is 4.48 Å². The Morgan fingerprint density at radius 3 is 1.19 bits per heavy atom. The molecular formula is C35H65NO6. The van der Waals surface area contributed by atoms with E-state index >= 15 is 0 Å². The molecule has 3 unspecified atom stereocenters. The number of hydrogen-bond acceptors (Lipinski definition) is 4. The highest BCUT2D eigenvalue weighted by molar-refractivity contribution is 5.77. The first-order valence-corrected chi connectivity index (χ1v) is 17.4. The minimum atomic E-state index is -1.37. The number of carbonyl (C=O) groups excluding carboxylic acids is 1. The van der Waals surface area contributed by atoms with Gasteiger partial charge in [-0.15, -0.1) is 0 Å². The lowest BCUT2D eigenvalue weighted by Gasteiger charge is -2.51.